The highest BCUT2D eigenvalue weighted by atomic mass is 19.1. The number of benzene rings is 1. The molecule has 0 amide bonds. The van der Waals surface area contributed by atoms with Gasteiger partial charge in [-0.3, -0.25) is 4.79 Å². The van der Waals surface area contributed by atoms with Crippen LogP contribution in [0.25, 0.3) is 6.08 Å². The Morgan fingerprint density at radius 3 is 2.65 bits per heavy atom. The Bertz CT molecular complexity index is 496. The first-order valence-electron chi connectivity index (χ1n) is 7.55. The Balaban J connectivity index is 2.20. The van der Waals surface area contributed by atoms with E-state index in [0.717, 1.165) is 24.0 Å². The van der Waals surface area contributed by atoms with Gasteiger partial charge in [-0.2, -0.15) is 0 Å². The van der Waals surface area contributed by atoms with Gasteiger partial charge in [0, 0.05) is 18.3 Å². The summed E-state index contributed by atoms with van der Waals surface area (Å²) in [6.45, 7) is 5.97. The van der Waals surface area contributed by atoms with E-state index in [4.69, 9.17) is 0 Å². The van der Waals surface area contributed by atoms with Crippen LogP contribution in [-0.4, -0.2) is 5.78 Å². The molecule has 0 aliphatic heterocycles. The van der Waals surface area contributed by atoms with Crippen LogP contribution in [0.4, 0.5) is 4.39 Å². The summed E-state index contributed by atoms with van der Waals surface area (Å²) in [6, 6.07) is 4.87. The van der Waals surface area contributed by atoms with Crippen molar-refractivity contribution in [2.24, 2.45) is 0 Å². The number of hydrogen-bond acceptors (Lipinski definition) is 1. The zero-order valence-corrected chi connectivity index (χ0v) is 12.3. The maximum Gasteiger partial charge on any atom is 0.134 e. The molecule has 0 unspecified atom stereocenters. The van der Waals surface area contributed by atoms with E-state index < -0.39 is 0 Å². The van der Waals surface area contributed by atoms with Crippen molar-refractivity contribution >= 4 is 11.9 Å². The van der Waals surface area contributed by atoms with E-state index in [9.17, 15) is 9.18 Å². The zero-order chi connectivity index (χ0) is 14.6. The molecule has 0 bridgehead atoms. The van der Waals surface area contributed by atoms with Crippen molar-refractivity contribution in [3.63, 3.8) is 0 Å². The highest BCUT2D eigenvalue weighted by molar-refractivity contribution is 5.89. The maximum absolute atomic E-state index is 13.4. The number of carbonyl (C=O) groups is 1. The molecule has 1 aliphatic rings. The lowest BCUT2D eigenvalue weighted by molar-refractivity contribution is -0.128. The lowest BCUT2D eigenvalue weighted by Crippen LogP contribution is -2.42. The molecule has 0 atom stereocenters. The monoisotopic (exact) mass is 274 g/mol. The van der Waals surface area contributed by atoms with Crippen molar-refractivity contribution < 1.29 is 9.18 Å². The van der Waals surface area contributed by atoms with Gasteiger partial charge in [-0.25, -0.2) is 4.39 Å². The Kier molecular flexibility index (Phi) is 4.74. The second-order valence-corrected chi connectivity index (χ2v) is 5.92. The predicted octanol–water partition coefficient (Wildman–Crippen LogP) is 5.04. The summed E-state index contributed by atoms with van der Waals surface area (Å²) in [5.74, 6) is 0.0789. The van der Waals surface area contributed by atoms with Gasteiger partial charge < -0.3 is 0 Å². The first-order chi connectivity index (χ1) is 9.61. The molecule has 1 aromatic rings. The SMILES string of the molecule is C=Cc1cc(F)ccc1C1(CCCCCC)CC(=O)C1. The van der Waals surface area contributed by atoms with Gasteiger partial charge in [-0.05, 0) is 29.7 Å². The number of carbonyl (C=O) groups excluding carboxylic acids is 1. The van der Waals surface area contributed by atoms with Gasteiger partial charge in [-0.15, -0.1) is 0 Å². The fourth-order valence-corrected chi connectivity index (χ4v) is 3.28. The number of halogens is 1. The summed E-state index contributed by atoms with van der Waals surface area (Å²) in [5, 5.41) is 0. The van der Waals surface area contributed by atoms with E-state index in [1.165, 1.54) is 31.4 Å². The minimum absolute atomic E-state index is 0.0674. The molecular formula is C18H23FO. The summed E-state index contributed by atoms with van der Waals surface area (Å²) in [4.78, 5) is 11.5. The average molecular weight is 274 g/mol. The first kappa shape index (κ1) is 15.0. The summed E-state index contributed by atoms with van der Waals surface area (Å²) in [5.41, 5.74) is 1.88. The predicted molar refractivity (Wildman–Crippen MR) is 81.2 cm³/mol. The van der Waals surface area contributed by atoms with Gasteiger partial charge >= 0.3 is 0 Å². The first-order valence-corrected chi connectivity index (χ1v) is 7.55. The molecule has 1 aromatic carbocycles. The molecule has 0 radical (unpaired) electrons. The number of unbranched alkanes of at least 4 members (excludes halogenated alkanes) is 3. The van der Waals surface area contributed by atoms with Crippen molar-refractivity contribution in [2.75, 3.05) is 0 Å². The number of rotatable bonds is 7. The second-order valence-electron chi connectivity index (χ2n) is 5.92. The van der Waals surface area contributed by atoms with Crippen LogP contribution in [0.2, 0.25) is 0 Å². The summed E-state index contributed by atoms with van der Waals surface area (Å²) in [7, 11) is 0. The van der Waals surface area contributed by atoms with E-state index in [1.54, 1.807) is 6.08 Å². The van der Waals surface area contributed by atoms with Gasteiger partial charge in [0.15, 0.2) is 0 Å². The molecule has 108 valence electrons. The minimum atomic E-state index is -0.240. The van der Waals surface area contributed by atoms with Gasteiger partial charge in [0.05, 0.1) is 0 Å². The third kappa shape index (κ3) is 3.00. The molecule has 20 heavy (non-hydrogen) atoms. The van der Waals surface area contributed by atoms with E-state index >= 15 is 0 Å². The molecule has 0 N–H and O–H groups in total. The fourth-order valence-electron chi connectivity index (χ4n) is 3.28. The summed E-state index contributed by atoms with van der Waals surface area (Å²) < 4.78 is 13.4. The fraction of sp³-hybridized carbons (Fsp3) is 0.500. The molecule has 1 nitrogen and oxygen atoms in total. The van der Waals surface area contributed by atoms with E-state index in [1.807, 2.05) is 6.07 Å². The van der Waals surface area contributed by atoms with E-state index in [0.29, 0.717) is 18.6 Å². The Hall–Kier alpha value is -1.44. The van der Waals surface area contributed by atoms with Gasteiger partial charge in [0.25, 0.3) is 0 Å². The molecule has 2 heteroatoms. The van der Waals surface area contributed by atoms with Crippen molar-refractivity contribution in [1.82, 2.24) is 0 Å². The van der Waals surface area contributed by atoms with Crippen LogP contribution < -0.4 is 0 Å². The zero-order valence-electron chi connectivity index (χ0n) is 12.3. The molecule has 2 rings (SSSR count). The molecule has 0 heterocycles. The largest absolute Gasteiger partial charge is 0.300 e. The topological polar surface area (TPSA) is 17.1 Å². The van der Waals surface area contributed by atoms with Crippen molar-refractivity contribution in [1.29, 1.82) is 0 Å². The van der Waals surface area contributed by atoms with Gasteiger partial charge in [0.1, 0.15) is 11.6 Å². The third-order valence-corrected chi connectivity index (χ3v) is 4.38. The van der Waals surface area contributed by atoms with Crippen molar-refractivity contribution in [3.8, 4) is 0 Å². The maximum atomic E-state index is 13.4. The molecule has 0 aromatic heterocycles. The summed E-state index contributed by atoms with van der Waals surface area (Å²) in [6.07, 6.45) is 8.71. The standard InChI is InChI=1S/C18H23FO/c1-3-5-6-7-10-18(12-16(20)13-18)17-9-8-15(19)11-14(17)4-2/h4,8-9,11H,2-3,5-7,10,12-13H2,1H3. The minimum Gasteiger partial charge on any atom is -0.300 e. The average Bonchev–Trinajstić information content (AvgIpc) is 2.41. The third-order valence-electron chi connectivity index (χ3n) is 4.38. The van der Waals surface area contributed by atoms with Crippen LogP contribution in [0.3, 0.4) is 0 Å². The highest BCUT2D eigenvalue weighted by Gasteiger charge is 2.45. The Morgan fingerprint density at radius 2 is 2.05 bits per heavy atom. The van der Waals surface area contributed by atoms with Crippen LogP contribution in [0.15, 0.2) is 24.8 Å². The second kappa shape index (κ2) is 6.34. The van der Waals surface area contributed by atoms with Crippen LogP contribution in [0.5, 0.6) is 0 Å². The molecule has 1 aliphatic carbocycles. The molecule has 0 spiro atoms. The molecular weight excluding hydrogens is 251 g/mol. The van der Waals surface area contributed by atoms with Gasteiger partial charge in [-0.1, -0.05) is 51.3 Å². The van der Waals surface area contributed by atoms with Gasteiger partial charge in [0.2, 0.25) is 0 Å². The number of hydrogen-bond donors (Lipinski definition) is 0. The number of Topliss-reactive ketones (excluding diaryl/α,β-unsaturated/α-hetero) is 1. The van der Waals surface area contributed by atoms with Crippen LogP contribution in [-0.2, 0) is 10.2 Å². The van der Waals surface area contributed by atoms with Crippen LogP contribution in [0, 0.1) is 5.82 Å². The summed E-state index contributed by atoms with van der Waals surface area (Å²) >= 11 is 0. The molecule has 1 fully saturated rings. The van der Waals surface area contributed by atoms with Crippen LogP contribution >= 0.6 is 0 Å². The number of ketones is 1. The van der Waals surface area contributed by atoms with Crippen molar-refractivity contribution in [2.45, 2.75) is 57.3 Å². The molecule has 1 saturated carbocycles. The smallest absolute Gasteiger partial charge is 0.134 e. The highest BCUT2D eigenvalue weighted by Crippen LogP contribution is 2.47. The van der Waals surface area contributed by atoms with Crippen LogP contribution in [0.1, 0.15) is 63.0 Å². The Morgan fingerprint density at radius 1 is 1.30 bits per heavy atom. The quantitative estimate of drug-likeness (QED) is 0.637. The molecule has 0 saturated heterocycles. The lowest BCUT2D eigenvalue weighted by Gasteiger charge is -2.42. The lowest BCUT2D eigenvalue weighted by atomic mass is 9.60. The van der Waals surface area contributed by atoms with E-state index in [-0.39, 0.29) is 11.2 Å². The van der Waals surface area contributed by atoms with Crippen molar-refractivity contribution in [3.05, 3.63) is 41.7 Å². The normalized spacial score (nSPS) is 16.8. The Labute approximate surface area is 120 Å². The van der Waals surface area contributed by atoms with E-state index in [2.05, 4.69) is 13.5 Å².